The van der Waals surface area contributed by atoms with Crippen molar-refractivity contribution < 1.29 is 19.1 Å². The molecule has 7 nitrogen and oxygen atoms in total. The minimum absolute atomic E-state index is 0.142. The predicted molar refractivity (Wildman–Crippen MR) is 105 cm³/mol. The molecule has 140 valence electrons. The van der Waals surface area contributed by atoms with Gasteiger partial charge < -0.3 is 20.1 Å². The van der Waals surface area contributed by atoms with Gasteiger partial charge >= 0.3 is 0 Å². The molecule has 3 rings (SSSR count). The van der Waals surface area contributed by atoms with Gasteiger partial charge in [0.25, 0.3) is 5.91 Å². The first kappa shape index (κ1) is 18.7. The molecule has 0 atom stereocenters. The second-order valence-electron chi connectivity index (χ2n) is 5.64. The zero-order valence-corrected chi connectivity index (χ0v) is 15.8. The number of hydrogen-bond donors (Lipinski definition) is 2. The van der Waals surface area contributed by atoms with Gasteiger partial charge in [0.1, 0.15) is 11.5 Å². The van der Waals surface area contributed by atoms with Crippen molar-refractivity contribution in [2.75, 3.05) is 26.1 Å². The van der Waals surface area contributed by atoms with E-state index in [9.17, 15) is 9.59 Å². The number of benzene rings is 2. The number of anilines is 1. The van der Waals surface area contributed by atoms with E-state index in [4.69, 9.17) is 9.47 Å². The zero-order chi connectivity index (χ0) is 19.2. The largest absolute Gasteiger partial charge is 0.497 e. The number of carbonyl (C=O) groups excluding carboxylic acids is 2. The van der Waals surface area contributed by atoms with Gasteiger partial charge in [0.2, 0.25) is 5.91 Å². The smallest absolute Gasteiger partial charge is 0.251 e. The standard InChI is InChI=1S/C19H19N3O4S/c1-25-13-9-12(10-14(11-13)26-2)18(24)20-8-7-17(23)22-19-21-15-5-3-4-6-16(15)27-19/h3-6,9-11H,7-8H2,1-2H3,(H,20,24)(H,21,22,23). The fourth-order valence-corrected chi connectivity index (χ4v) is 3.32. The monoisotopic (exact) mass is 385 g/mol. The Balaban J connectivity index is 1.53. The van der Waals surface area contributed by atoms with Crippen molar-refractivity contribution in [2.45, 2.75) is 6.42 Å². The van der Waals surface area contributed by atoms with Gasteiger partial charge in [-0.15, -0.1) is 0 Å². The highest BCUT2D eigenvalue weighted by molar-refractivity contribution is 7.22. The van der Waals surface area contributed by atoms with Crippen LogP contribution in [0.5, 0.6) is 11.5 Å². The number of para-hydroxylation sites is 1. The molecule has 0 spiro atoms. The van der Waals surface area contributed by atoms with Crippen LogP contribution in [0.2, 0.25) is 0 Å². The molecular formula is C19H19N3O4S. The predicted octanol–water partition coefficient (Wildman–Crippen LogP) is 3.07. The fourth-order valence-electron chi connectivity index (χ4n) is 2.44. The lowest BCUT2D eigenvalue weighted by atomic mass is 10.2. The van der Waals surface area contributed by atoms with Crippen molar-refractivity contribution in [3.8, 4) is 11.5 Å². The number of methoxy groups -OCH3 is 2. The second kappa shape index (κ2) is 8.50. The van der Waals surface area contributed by atoms with Crippen LogP contribution in [0.25, 0.3) is 10.2 Å². The van der Waals surface area contributed by atoms with Gasteiger partial charge in [0, 0.05) is 24.6 Å². The van der Waals surface area contributed by atoms with E-state index >= 15 is 0 Å². The third-order valence-corrected chi connectivity index (χ3v) is 4.74. The minimum atomic E-state index is -0.306. The normalized spacial score (nSPS) is 10.4. The summed E-state index contributed by atoms with van der Waals surface area (Å²) in [6, 6.07) is 12.6. The Morgan fingerprint density at radius 2 is 1.78 bits per heavy atom. The van der Waals surface area contributed by atoms with Gasteiger partial charge in [-0.2, -0.15) is 0 Å². The molecule has 0 aliphatic carbocycles. The first-order valence-electron chi connectivity index (χ1n) is 8.25. The maximum absolute atomic E-state index is 12.3. The molecule has 0 fully saturated rings. The van der Waals surface area contributed by atoms with Gasteiger partial charge in [-0.3, -0.25) is 9.59 Å². The summed E-state index contributed by atoms with van der Waals surface area (Å²) in [6.45, 7) is 0.203. The number of nitrogens with zero attached hydrogens (tertiary/aromatic N) is 1. The lowest BCUT2D eigenvalue weighted by Gasteiger charge is -2.09. The Morgan fingerprint density at radius 1 is 1.07 bits per heavy atom. The summed E-state index contributed by atoms with van der Waals surface area (Å²) in [6.07, 6.45) is 0.142. The average Bonchev–Trinajstić information content (AvgIpc) is 3.09. The van der Waals surface area contributed by atoms with Gasteiger partial charge in [-0.1, -0.05) is 23.5 Å². The van der Waals surface area contributed by atoms with Crippen molar-refractivity contribution in [3.63, 3.8) is 0 Å². The summed E-state index contributed by atoms with van der Waals surface area (Å²) in [7, 11) is 3.03. The Bertz CT molecular complexity index is 915. The molecule has 2 amide bonds. The number of aromatic nitrogens is 1. The summed E-state index contributed by atoms with van der Waals surface area (Å²) in [5.74, 6) is 0.527. The van der Waals surface area contributed by atoms with Gasteiger partial charge in [-0.25, -0.2) is 4.98 Å². The Labute approximate surface area is 160 Å². The molecule has 2 aromatic carbocycles. The summed E-state index contributed by atoms with van der Waals surface area (Å²) >= 11 is 1.41. The highest BCUT2D eigenvalue weighted by Gasteiger charge is 2.11. The first-order chi connectivity index (χ1) is 13.1. The van der Waals surface area contributed by atoms with E-state index in [1.54, 1.807) is 18.2 Å². The van der Waals surface area contributed by atoms with Crippen LogP contribution >= 0.6 is 11.3 Å². The lowest BCUT2D eigenvalue weighted by molar-refractivity contribution is -0.116. The Morgan fingerprint density at radius 3 is 2.44 bits per heavy atom. The Kier molecular flexibility index (Phi) is 5.87. The molecule has 8 heteroatoms. The molecule has 27 heavy (non-hydrogen) atoms. The molecule has 0 saturated carbocycles. The van der Waals surface area contributed by atoms with Crippen LogP contribution in [0.1, 0.15) is 16.8 Å². The van der Waals surface area contributed by atoms with E-state index in [0.717, 1.165) is 10.2 Å². The number of fused-ring (bicyclic) bond motifs is 1. The number of carbonyl (C=O) groups is 2. The maximum atomic E-state index is 12.3. The molecule has 1 heterocycles. The van der Waals surface area contributed by atoms with E-state index in [1.165, 1.54) is 25.6 Å². The van der Waals surface area contributed by atoms with Gasteiger partial charge in [0.05, 0.1) is 24.4 Å². The van der Waals surface area contributed by atoms with Crippen molar-refractivity contribution in [1.82, 2.24) is 10.3 Å². The van der Waals surface area contributed by atoms with Gasteiger partial charge in [0.15, 0.2) is 5.13 Å². The third-order valence-electron chi connectivity index (χ3n) is 3.79. The summed E-state index contributed by atoms with van der Waals surface area (Å²) in [5, 5.41) is 6.02. The highest BCUT2D eigenvalue weighted by atomic mass is 32.1. The molecule has 0 bridgehead atoms. The molecule has 0 saturated heterocycles. The van der Waals surface area contributed by atoms with Crippen molar-refractivity contribution in [3.05, 3.63) is 48.0 Å². The van der Waals surface area contributed by atoms with Crippen molar-refractivity contribution in [1.29, 1.82) is 0 Å². The van der Waals surface area contributed by atoms with Crippen LogP contribution in [0, 0.1) is 0 Å². The summed E-state index contributed by atoms with van der Waals surface area (Å²) in [4.78, 5) is 28.7. The van der Waals surface area contributed by atoms with Crippen LogP contribution in [-0.2, 0) is 4.79 Å². The number of nitrogens with one attached hydrogen (secondary N) is 2. The molecular weight excluding hydrogens is 366 g/mol. The van der Waals surface area contributed by atoms with Crippen LogP contribution < -0.4 is 20.1 Å². The van der Waals surface area contributed by atoms with E-state index in [0.29, 0.717) is 22.2 Å². The fraction of sp³-hybridized carbons (Fsp3) is 0.211. The molecule has 0 unspecified atom stereocenters. The van der Waals surface area contributed by atoms with Crippen LogP contribution in [0.4, 0.5) is 5.13 Å². The third kappa shape index (κ3) is 4.73. The number of thiazole rings is 1. The maximum Gasteiger partial charge on any atom is 0.251 e. The first-order valence-corrected chi connectivity index (χ1v) is 9.07. The van der Waals surface area contributed by atoms with Crippen LogP contribution in [0.3, 0.4) is 0 Å². The lowest BCUT2D eigenvalue weighted by Crippen LogP contribution is -2.27. The highest BCUT2D eigenvalue weighted by Crippen LogP contribution is 2.25. The molecule has 1 aromatic heterocycles. The quantitative estimate of drug-likeness (QED) is 0.652. The van der Waals surface area contributed by atoms with Crippen LogP contribution in [0.15, 0.2) is 42.5 Å². The van der Waals surface area contributed by atoms with Crippen molar-refractivity contribution in [2.24, 2.45) is 0 Å². The molecule has 0 radical (unpaired) electrons. The average molecular weight is 385 g/mol. The second-order valence-corrected chi connectivity index (χ2v) is 6.67. The van der Waals surface area contributed by atoms with E-state index in [1.807, 2.05) is 24.3 Å². The number of rotatable bonds is 7. The number of amides is 2. The van der Waals surface area contributed by atoms with E-state index in [-0.39, 0.29) is 24.8 Å². The number of hydrogen-bond acceptors (Lipinski definition) is 6. The number of ether oxygens (including phenoxy) is 2. The topological polar surface area (TPSA) is 89.5 Å². The van der Waals surface area contributed by atoms with Gasteiger partial charge in [-0.05, 0) is 24.3 Å². The minimum Gasteiger partial charge on any atom is -0.497 e. The molecule has 2 N–H and O–H groups in total. The van der Waals surface area contributed by atoms with E-state index in [2.05, 4.69) is 15.6 Å². The molecule has 0 aliphatic rings. The summed E-state index contributed by atoms with van der Waals surface area (Å²) < 4.78 is 11.3. The van der Waals surface area contributed by atoms with Crippen LogP contribution in [-0.4, -0.2) is 37.6 Å². The van der Waals surface area contributed by atoms with Crippen molar-refractivity contribution >= 4 is 38.5 Å². The molecule has 3 aromatic rings. The summed E-state index contributed by atoms with van der Waals surface area (Å²) in [5.41, 5.74) is 1.25. The van der Waals surface area contributed by atoms with E-state index < -0.39 is 0 Å². The Hall–Kier alpha value is -3.13. The molecule has 0 aliphatic heterocycles. The zero-order valence-electron chi connectivity index (χ0n) is 14.9. The SMILES string of the molecule is COc1cc(OC)cc(C(=O)NCCC(=O)Nc2nc3ccccc3s2)c1.